The van der Waals surface area contributed by atoms with Gasteiger partial charge >= 0.3 is 0 Å². The summed E-state index contributed by atoms with van der Waals surface area (Å²) in [5, 5.41) is 11.1. The summed E-state index contributed by atoms with van der Waals surface area (Å²) in [5.41, 5.74) is 1.68. The van der Waals surface area contributed by atoms with Gasteiger partial charge in [0.1, 0.15) is 6.10 Å². The number of morpholine rings is 1. The van der Waals surface area contributed by atoms with Gasteiger partial charge in [-0.1, -0.05) is 54.1 Å². The number of rotatable bonds is 4. The molecule has 1 aliphatic heterocycles. The van der Waals surface area contributed by atoms with Crippen LogP contribution in [0, 0.1) is 0 Å². The lowest BCUT2D eigenvalue weighted by molar-refractivity contribution is -0.164. The Balaban J connectivity index is 1.72. The second kappa shape index (κ2) is 7.13. The molecule has 0 saturated carbocycles. The average Bonchev–Trinajstić information content (AvgIpc) is 2.58. The topological polar surface area (TPSA) is 49.8 Å². The first kappa shape index (κ1) is 16.0. The molecule has 1 heterocycles. The van der Waals surface area contributed by atoms with E-state index in [0.29, 0.717) is 30.3 Å². The number of hydrogen-bond acceptors (Lipinski definition) is 3. The molecule has 0 aliphatic carbocycles. The normalized spacial score (nSPS) is 19.7. The highest BCUT2D eigenvalue weighted by Crippen LogP contribution is 2.25. The van der Waals surface area contributed by atoms with E-state index in [1.165, 1.54) is 0 Å². The summed E-state index contributed by atoms with van der Waals surface area (Å²) in [6, 6.07) is 16.6. The predicted octanol–water partition coefficient (Wildman–Crippen LogP) is 2.80. The standard InChI is InChI=1S/C18H18ClNO3/c19-15-8-6-14(7-9-15)16(21)17-18(22)20(10-11-23-17)12-13-4-2-1-3-5-13/h1-9,16-17,21H,10-12H2/t16?,17-/m0/s1. The third kappa shape index (κ3) is 3.72. The van der Waals surface area contributed by atoms with Gasteiger partial charge in [-0.3, -0.25) is 4.79 Å². The van der Waals surface area contributed by atoms with Crippen molar-refractivity contribution in [3.05, 3.63) is 70.7 Å². The van der Waals surface area contributed by atoms with Crippen LogP contribution in [-0.2, 0) is 16.1 Å². The fourth-order valence-electron chi connectivity index (χ4n) is 2.67. The number of nitrogens with zero attached hydrogens (tertiary/aromatic N) is 1. The molecule has 0 radical (unpaired) electrons. The molecular weight excluding hydrogens is 314 g/mol. The predicted molar refractivity (Wildman–Crippen MR) is 88.0 cm³/mol. The second-order valence-electron chi connectivity index (χ2n) is 5.53. The van der Waals surface area contributed by atoms with Crippen LogP contribution in [0.25, 0.3) is 0 Å². The van der Waals surface area contributed by atoms with Crippen molar-refractivity contribution in [1.29, 1.82) is 0 Å². The van der Waals surface area contributed by atoms with E-state index in [4.69, 9.17) is 16.3 Å². The highest BCUT2D eigenvalue weighted by atomic mass is 35.5. The molecule has 2 aromatic carbocycles. The molecule has 2 aromatic rings. The van der Waals surface area contributed by atoms with Gasteiger partial charge in [-0.05, 0) is 23.3 Å². The number of carbonyl (C=O) groups excluding carboxylic acids is 1. The summed E-state index contributed by atoms with van der Waals surface area (Å²) >= 11 is 5.86. The Kier molecular flexibility index (Phi) is 4.96. The van der Waals surface area contributed by atoms with Crippen LogP contribution >= 0.6 is 11.6 Å². The molecule has 1 unspecified atom stereocenters. The number of aliphatic hydroxyl groups excluding tert-OH is 1. The molecule has 2 atom stereocenters. The van der Waals surface area contributed by atoms with Crippen molar-refractivity contribution in [2.24, 2.45) is 0 Å². The van der Waals surface area contributed by atoms with Crippen LogP contribution in [-0.4, -0.2) is 35.2 Å². The Labute approximate surface area is 140 Å². The fraction of sp³-hybridized carbons (Fsp3) is 0.278. The number of amides is 1. The minimum absolute atomic E-state index is 0.192. The minimum atomic E-state index is -1.00. The molecule has 1 fully saturated rings. The smallest absolute Gasteiger partial charge is 0.255 e. The maximum atomic E-state index is 12.6. The Bertz CT molecular complexity index is 660. The molecule has 23 heavy (non-hydrogen) atoms. The van der Waals surface area contributed by atoms with Crippen LogP contribution in [0.1, 0.15) is 17.2 Å². The monoisotopic (exact) mass is 331 g/mol. The first-order valence-electron chi connectivity index (χ1n) is 7.53. The number of aliphatic hydroxyl groups is 1. The minimum Gasteiger partial charge on any atom is -0.385 e. The Hall–Kier alpha value is -1.88. The van der Waals surface area contributed by atoms with Gasteiger partial charge in [0, 0.05) is 18.1 Å². The number of ether oxygens (including phenoxy) is 1. The molecule has 4 nitrogen and oxygen atoms in total. The van der Waals surface area contributed by atoms with Gasteiger partial charge in [0.25, 0.3) is 5.91 Å². The molecule has 1 amide bonds. The first-order chi connectivity index (χ1) is 11.1. The van der Waals surface area contributed by atoms with Crippen LogP contribution < -0.4 is 0 Å². The van der Waals surface area contributed by atoms with E-state index in [0.717, 1.165) is 5.56 Å². The average molecular weight is 332 g/mol. The molecule has 5 heteroatoms. The Morgan fingerprint density at radius 2 is 1.87 bits per heavy atom. The summed E-state index contributed by atoms with van der Waals surface area (Å²) in [6.45, 7) is 1.46. The SMILES string of the molecule is O=C1[C@H](C(O)c2ccc(Cl)cc2)OCCN1Cc1ccccc1. The van der Waals surface area contributed by atoms with Gasteiger partial charge in [-0.25, -0.2) is 0 Å². The molecule has 1 saturated heterocycles. The van der Waals surface area contributed by atoms with Gasteiger partial charge in [-0.2, -0.15) is 0 Å². The van der Waals surface area contributed by atoms with Gasteiger partial charge in [0.15, 0.2) is 6.10 Å². The molecule has 0 aromatic heterocycles. The van der Waals surface area contributed by atoms with Crippen LogP contribution in [0.4, 0.5) is 0 Å². The van der Waals surface area contributed by atoms with E-state index in [-0.39, 0.29) is 5.91 Å². The first-order valence-corrected chi connectivity index (χ1v) is 7.91. The summed E-state index contributed by atoms with van der Waals surface area (Å²) in [7, 11) is 0. The summed E-state index contributed by atoms with van der Waals surface area (Å²) < 4.78 is 5.53. The van der Waals surface area contributed by atoms with Crippen molar-refractivity contribution < 1.29 is 14.6 Å². The van der Waals surface area contributed by atoms with Crippen LogP contribution in [0.5, 0.6) is 0 Å². The van der Waals surface area contributed by atoms with Crippen molar-refractivity contribution in [2.75, 3.05) is 13.2 Å². The lowest BCUT2D eigenvalue weighted by atomic mass is 10.0. The van der Waals surface area contributed by atoms with E-state index in [1.54, 1.807) is 29.2 Å². The van der Waals surface area contributed by atoms with Crippen molar-refractivity contribution in [1.82, 2.24) is 4.90 Å². The van der Waals surface area contributed by atoms with E-state index < -0.39 is 12.2 Å². The third-order valence-electron chi connectivity index (χ3n) is 3.93. The Morgan fingerprint density at radius 3 is 2.57 bits per heavy atom. The van der Waals surface area contributed by atoms with Crippen LogP contribution in [0.15, 0.2) is 54.6 Å². The van der Waals surface area contributed by atoms with Crippen molar-refractivity contribution >= 4 is 17.5 Å². The molecule has 3 rings (SSSR count). The fourth-order valence-corrected chi connectivity index (χ4v) is 2.80. The second-order valence-corrected chi connectivity index (χ2v) is 5.97. The van der Waals surface area contributed by atoms with Gasteiger partial charge < -0.3 is 14.7 Å². The van der Waals surface area contributed by atoms with Gasteiger partial charge in [0.2, 0.25) is 0 Å². The number of carbonyl (C=O) groups is 1. The Morgan fingerprint density at radius 1 is 1.17 bits per heavy atom. The molecule has 120 valence electrons. The van der Waals surface area contributed by atoms with Crippen molar-refractivity contribution in [2.45, 2.75) is 18.8 Å². The number of halogens is 1. The van der Waals surface area contributed by atoms with E-state index in [1.807, 2.05) is 30.3 Å². The maximum Gasteiger partial charge on any atom is 0.255 e. The molecule has 1 N–H and O–H groups in total. The lowest BCUT2D eigenvalue weighted by Gasteiger charge is -2.34. The highest BCUT2D eigenvalue weighted by molar-refractivity contribution is 6.30. The van der Waals surface area contributed by atoms with E-state index in [2.05, 4.69) is 0 Å². The largest absolute Gasteiger partial charge is 0.385 e. The summed E-state index contributed by atoms with van der Waals surface area (Å²) in [4.78, 5) is 14.4. The quantitative estimate of drug-likeness (QED) is 0.937. The zero-order chi connectivity index (χ0) is 16.2. The van der Waals surface area contributed by atoms with E-state index in [9.17, 15) is 9.90 Å². The number of hydrogen-bond donors (Lipinski definition) is 1. The van der Waals surface area contributed by atoms with E-state index >= 15 is 0 Å². The highest BCUT2D eigenvalue weighted by Gasteiger charge is 2.35. The van der Waals surface area contributed by atoms with Crippen molar-refractivity contribution in [3.63, 3.8) is 0 Å². The van der Waals surface area contributed by atoms with Crippen molar-refractivity contribution in [3.8, 4) is 0 Å². The summed E-state index contributed by atoms with van der Waals surface area (Å²) in [6.07, 6.45) is -1.88. The molecule has 0 spiro atoms. The van der Waals surface area contributed by atoms with Gasteiger partial charge in [0.05, 0.1) is 6.61 Å². The van der Waals surface area contributed by atoms with Crippen LogP contribution in [0.2, 0.25) is 5.02 Å². The maximum absolute atomic E-state index is 12.6. The molecule has 0 bridgehead atoms. The number of benzene rings is 2. The molecular formula is C18H18ClNO3. The lowest BCUT2D eigenvalue weighted by Crippen LogP contribution is -2.49. The summed E-state index contributed by atoms with van der Waals surface area (Å²) in [5.74, 6) is -0.192. The molecule has 1 aliphatic rings. The van der Waals surface area contributed by atoms with Crippen LogP contribution in [0.3, 0.4) is 0 Å². The zero-order valence-corrected chi connectivity index (χ0v) is 13.3. The zero-order valence-electron chi connectivity index (χ0n) is 12.6. The van der Waals surface area contributed by atoms with Gasteiger partial charge in [-0.15, -0.1) is 0 Å². The third-order valence-corrected chi connectivity index (χ3v) is 4.18.